The second kappa shape index (κ2) is 46.5. The lowest BCUT2D eigenvalue weighted by Crippen LogP contribution is -2.45. The minimum Gasteiger partial charge on any atom is -0.466 e. The maximum absolute atomic E-state index is 12.4. The average molecular weight is 800 g/mol. The molecule has 0 fully saturated rings. The Morgan fingerprint density at radius 3 is 1.40 bits per heavy atom. The van der Waals surface area contributed by atoms with Crippen LogP contribution in [-0.4, -0.2) is 47.4 Å². The number of nitrogens with one attached hydrogen (secondary N) is 1. The summed E-state index contributed by atoms with van der Waals surface area (Å²) in [6, 6.07) is -0.639. The van der Waals surface area contributed by atoms with Crippen molar-refractivity contribution < 1.29 is 24.5 Å². The number of hydrogen-bond acceptors (Lipinski definition) is 5. The summed E-state index contributed by atoms with van der Waals surface area (Å²) in [5.41, 5.74) is 0. The quantitative estimate of drug-likeness (QED) is 0.0324. The lowest BCUT2D eigenvalue weighted by Gasteiger charge is -2.20. The molecule has 0 saturated carbocycles. The Hall–Kier alpha value is -2.18. The number of hydrogen-bond donors (Lipinski definition) is 3. The molecule has 0 saturated heterocycles. The molecule has 0 aromatic rings. The Kier molecular flexibility index (Phi) is 44.7. The fourth-order valence-electron chi connectivity index (χ4n) is 6.99. The first-order valence-corrected chi connectivity index (χ1v) is 24.4. The van der Waals surface area contributed by atoms with E-state index >= 15 is 0 Å². The minimum absolute atomic E-state index is 0.0272. The van der Waals surface area contributed by atoms with Gasteiger partial charge in [-0.15, -0.1) is 0 Å². The molecular formula is C51H93NO5. The molecule has 2 unspecified atom stereocenters. The smallest absolute Gasteiger partial charge is 0.305 e. The van der Waals surface area contributed by atoms with Crippen molar-refractivity contribution in [1.29, 1.82) is 0 Å². The van der Waals surface area contributed by atoms with Gasteiger partial charge in [-0.1, -0.05) is 191 Å². The molecule has 3 N–H and O–H groups in total. The van der Waals surface area contributed by atoms with Crippen LogP contribution in [0.3, 0.4) is 0 Å². The number of unbranched alkanes of at least 4 members (excludes halogenated alkanes) is 27. The normalized spacial score (nSPS) is 13.1. The number of rotatable bonds is 44. The predicted octanol–water partition coefficient (Wildman–Crippen LogP) is 14.3. The summed E-state index contributed by atoms with van der Waals surface area (Å²) >= 11 is 0. The van der Waals surface area contributed by atoms with Gasteiger partial charge in [0.2, 0.25) is 5.91 Å². The van der Waals surface area contributed by atoms with Gasteiger partial charge in [0.15, 0.2) is 0 Å². The van der Waals surface area contributed by atoms with E-state index in [4.69, 9.17) is 4.74 Å². The van der Waals surface area contributed by atoms with E-state index in [2.05, 4.69) is 55.6 Å². The van der Waals surface area contributed by atoms with Crippen molar-refractivity contribution in [3.63, 3.8) is 0 Å². The van der Waals surface area contributed by atoms with E-state index < -0.39 is 12.1 Å². The van der Waals surface area contributed by atoms with Crippen LogP contribution >= 0.6 is 0 Å². The highest BCUT2D eigenvalue weighted by atomic mass is 16.5. The first-order valence-electron chi connectivity index (χ1n) is 24.4. The van der Waals surface area contributed by atoms with Crippen LogP contribution in [0.25, 0.3) is 0 Å². The van der Waals surface area contributed by atoms with Crippen LogP contribution in [-0.2, 0) is 14.3 Å². The van der Waals surface area contributed by atoms with Gasteiger partial charge >= 0.3 is 5.97 Å². The van der Waals surface area contributed by atoms with Crippen molar-refractivity contribution in [2.45, 2.75) is 251 Å². The molecule has 0 rings (SSSR count). The molecule has 1 amide bonds. The lowest BCUT2D eigenvalue weighted by atomic mass is 10.1. The maximum Gasteiger partial charge on any atom is 0.305 e. The number of amides is 1. The predicted molar refractivity (Wildman–Crippen MR) is 245 cm³/mol. The lowest BCUT2D eigenvalue weighted by molar-refractivity contribution is -0.143. The molecule has 0 aliphatic heterocycles. The van der Waals surface area contributed by atoms with Gasteiger partial charge in [-0.2, -0.15) is 0 Å². The fourth-order valence-corrected chi connectivity index (χ4v) is 6.99. The van der Waals surface area contributed by atoms with Gasteiger partial charge in [-0.25, -0.2) is 0 Å². The molecule has 0 heterocycles. The first-order chi connectivity index (χ1) is 28.0. The van der Waals surface area contributed by atoms with E-state index in [1.54, 1.807) is 6.08 Å². The first kappa shape index (κ1) is 54.8. The van der Waals surface area contributed by atoms with Crippen molar-refractivity contribution in [3.05, 3.63) is 48.6 Å². The maximum atomic E-state index is 12.4. The monoisotopic (exact) mass is 800 g/mol. The van der Waals surface area contributed by atoms with E-state index in [0.29, 0.717) is 19.4 Å². The summed E-state index contributed by atoms with van der Waals surface area (Å²) in [6.07, 6.45) is 56.7. The number of allylic oxidation sites excluding steroid dienone is 7. The summed E-state index contributed by atoms with van der Waals surface area (Å²) in [5.74, 6) is -0.114. The average Bonchev–Trinajstić information content (AvgIpc) is 3.21. The molecule has 6 heteroatoms. The Morgan fingerprint density at radius 2 is 0.895 bits per heavy atom. The third kappa shape index (κ3) is 43.2. The Labute approximate surface area is 353 Å². The zero-order valence-electron chi connectivity index (χ0n) is 37.6. The second-order valence-electron chi connectivity index (χ2n) is 16.4. The van der Waals surface area contributed by atoms with Crippen molar-refractivity contribution in [2.75, 3.05) is 13.2 Å². The largest absolute Gasteiger partial charge is 0.466 e. The molecule has 0 aliphatic carbocycles. The molecule has 332 valence electrons. The summed E-state index contributed by atoms with van der Waals surface area (Å²) in [6.45, 7) is 4.79. The topological polar surface area (TPSA) is 95.9 Å². The van der Waals surface area contributed by atoms with Gasteiger partial charge in [0.1, 0.15) is 0 Å². The molecule has 0 aliphatic rings. The molecule has 0 spiro atoms. The van der Waals surface area contributed by atoms with E-state index in [0.717, 1.165) is 83.5 Å². The highest BCUT2D eigenvalue weighted by Crippen LogP contribution is 2.14. The third-order valence-electron chi connectivity index (χ3n) is 10.8. The number of ether oxygens (including phenoxy) is 1. The molecule has 0 bridgehead atoms. The Balaban J connectivity index is 3.52. The summed E-state index contributed by atoms with van der Waals surface area (Å²) < 4.78 is 5.44. The van der Waals surface area contributed by atoms with Crippen LogP contribution in [0.5, 0.6) is 0 Å². The summed E-state index contributed by atoms with van der Waals surface area (Å²) in [4.78, 5) is 24.4. The van der Waals surface area contributed by atoms with E-state index in [1.807, 2.05) is 6.08 Å². The van der Waals surface area contributed by atoms with Crippen LogP contribution in [0, 0.1) is 0 Å². The summed E-state index contributed by atoms with van der Waals surface area (Å²) in [7, 11) is 0. The molecule has 57 heavy (non-hydrogen) atoms. The van der Waals surface area contributed by atoms with Crippen LogP contribution in [0.1, 0.15) is 239 Å². The van der Waals surface area contributed by atoms with Crippen LogP contribution in [0.4, 0.5) is 0 Å². The third-order valence-corrected chi connectivity index (χ3v) is 10.8. The van der Waals surface area contributed by atoms with E-state index in [1.165, 1.54) is 128 Å². The number of aliphatic hydroxyl groups excluding tert-OH is 2. The zero-order chi connectivity index (χ0) is 41.5. The van der Waals surface area contributed by atoms with Crippen molar-refractivity contribution in [1.82, 2.24) is 5.32 Å². The highest BCUT2D eigenvalue weighted by Gasteiger charge is 2.18. The molecule has 2 atom stereocenters. The minimum atomic E-state index is -0.854. The molecule has 6 nitrogen and oxygen atoms in total. The van der Waals surface area contributed by atoms with Gasteiger partial charge in [0, 0.05) is 12.8 Å². The fraction of sp³-hybridized carbons (Fsp3) is 0.804. The van der Waals surface area contributed by atoms with Gasteiger partial charge in [0.05, 0.1) is 25.4 Å². The Bertz CT molecular complexity index is 973. The van der Waals surface area contributed by atoms with Crippen LogP contribution in [0.15, 0.2) is 48.6 Å². The molecule has 0 radical (unpaired) electrons. The van der Waals surface area contributed by atoms with Gasteiger partial charge < -0.3 is 20.3 Å². The summed E-state index contributed by atoms with van der Waals surface area (Å²) in [5, 5.41) is 22.9. The number of carbonyl (C=O) groups excluding carboxylic acids is 2. The number of esters is 1. The number of aliphatic hydroxyl groups is 2. The molecule has 0 aromatic carbocycles. The standard InChI is InChI=1S/C51H93NO5/c1-3-5-7-9-11-13-15-16-21-25-29-33-37-41-45-51(56)57-46-42-38-34-30-26-22-19-17-18-20-24-28-32-36-40-44-50(55)52-48(47-53)49(54)43-39-35-31-27-23-14-12-10-8-6-4-2/h9,11,15-16,19,22,39,43,48-49,53-54H,3-8,10,12-14,17-18,20-21,23-38,40-42,44-47H2,1-2H3,(H,52,55)/b11-9-,16-15-,22-19-,43-39+. The van der Waals surface area contributed by atoms with Crippen LogP contribution in [0.2, 0.25) is 0 Å². The van der Waals surface area contributed by atoms with Crippen molar-refractivity contribution >= 4 is 11.9 Å². The van der Waals surface area contributed by atoms with Gasteiger partial charge in [-0.3, -0.25) is 9.59 Å². The van der Waals surface area contributed by atoms with Crippen LogP contribution < -0.4 is 5.32 Å². The van der Waals surface area contributed by atoms with Crippen molar-refractivity contribution in [3.8, 4) is 0 Å². The van der Waals surface area contributed by atoms with E-state index in [9.17, 15) is 19.8 Å². The van der Waals surface area contributed by atoms with Gasteiger partial charge in [-0.05, 0) is 83.5 Å². The molecular weight excluding hydrogens is 707 g/mol. The molecule has 0 aromatic heterocycles. The SMILES string of the molecule is CCCC/C=C\C/C=C\CCCCCCCC(=O)OCCCCCC/C=C\CCCCCCCCCC(=O)NC(CO)C(O)/C=C/CCCCCCCCCCC. The van der Waals surface area contributed by atoms with E-state index in [-0.39, 0.29) is 18.5 Å². The number of carbonyl (C=O) groups is 2. The second-order valence-corrected chi connectivity index (χ2v) is 16.4. The van der Waals surface area contributed by atoms with Crippen molar-refractivity contribution in [2.24, 2.45) is 0 Å². The Morgan fingerprint density at radius 1 is 0.491 bits per heavy atom. The zero-order valence-corrected chi connectivity index (χ0v) is 37.6. The highest BCUT2D eigenvalue weighted by molar-refractivity contribution is 5.76. The van der Waals surface area contributed by atoms with Gasteiger partial charge in [0.25, 0.3) is 0 Å².